The van der Waals surface area contributed by atoms with Crippen molar-refractivity contribution in [2.24, 2.45) is 0 Å². The molecule has 1 aliphatic heterocycles. The third kappa shape index (κ3) is 8.09. The normalized spacial score (nSPS) is 20.8. The third-order valence-electron chi connectivity index (χ3n) is 3.52. The summed E-state index contributed by atoms with van der Waals surface area (Å²) in [5.41, 5.74) is 0. The lowest BCUT2D eigenvalue weighted by atomic mass is 10.1. The quantitative estimate of drug-likeness (QED) is 0.535. The van der Waals surface area contributed by atoms with Gasteiger partial charge in [-0.25, -0.2) is 4.79 Å². The van der Waals surface area contributed by atoms with Crippen LogP contribution >= 0.6 is 0 Å². The molecule has 0 aromatic rings. The van der Waals surface area contributed by atoms with Gasteiger partial charge in [0.2, 0.25) is 0 Å². The fourth-order valence-corrected chi connectivity index (χ4v) is 2.32. The standard InChI is InChI=1S/C15H29NO3/c1-3-4-5-6-7-10-13(2)18-15(17)19-14-11-8-9-12-16-14/h13-14,16H,3-12H2,1-2H3. The molecule has 4 heteroatoms. The van der Waals surface area contributed by atoms with Gasteiger partial charge in [-0.2, -0.15) is 0 Å². The Balaban J connectivity index is 2.03. The van der Waals surface area contributed by atoms with E-state index >= 15 is 0 Å². The van der Waals surface area contributed by atoms with Crippen molar-refractivity contribution >= 4 is 6.16 Å². The summed E-state index contributed by atoms with van der Waals surface area (Å²) in [5, 5.41) is 3.17. The van der Waals surface area contributed by atoms with E-state index in [9.17, 15) is 4.79 Å². The van der Waals surface area contributed by atoms with Gasteiger partial charge in [-0.05, 0) is 45.6 Å². The molecule has 0 aromatic heterocycles. The highest BCUT2D eigenvalue weighted by molar-refractivity contribution is 5.60. The smallest absolute Gasteiger partial charge is 0.431 e. The minimum absolute atomic E-state index is 0.0438. The largest absolute Gasteiger partial charge is 0.510 e. The Bertz CT molecular complexity index is 240. The van der Waals surface area contributed by atoms with Gasteiger partial charge < -0.3 is 9.47 Å². The van der Waals surface area contributed by atoms with Crippen LogP contribution in [0.2, 0.25) is 0 Å². The number of carbonyl (C=O) groups excluding carboxylic acids is 1. The highest BCUT2D eigenvalue weighted by atomic mass is 16.7. The van der Waals surface area contributed by atoms with Crippen molar-refractivity contribution in [1.82, 2.24) is 5.32 Å². The van der Waals surface area contributed by atoms with Crippen molar-refractivity contribution in [2.45, 2.75) is 84.0 Å². The van der Waals surface area contributed by atoms with Crippen LogP contribution < -0.4 is 5.32 Å². The minimum Gasteiger partial charge on any atom is -0.431 e. The molecule has 1 aliphatic rings. The number of unbranched alkanes of at least 4 members (excludes halogenated alkanes) is 4. The molecule has 0 radical (unpaired) electrons. The number of ether oxygens (including phenoxy) is 2. The molecule has 0 amide bonds. The first-order chi connectivity index (χ1) is 9.22. The number of hydrogen-bond donors (Lipinski definition) is 1. The lowest BCUT2D eigenvalue weighted by Crippen LogP contribution is -2.38. The van der Waals surface area contributed by atoms with Gasteiger partial charge in [0.25, 0.3) is 0 Å². The predicted molar refractivity (Wildman–Crippen MR) is 76.0 cm³/mol. The Morgan fingerprint density at radius 1 is 1.26 bits per heavy atom. The zero-order valence-corrected chi connectivity index (χ0v) is 12.5. The van der Waals surface area contributed by atoms with E-state index in [2.05, 4.69) is 12.2 Å². The number of hydrogen-bond acceptors (Lipinski definition) is 4. The highest BCUT2D eigenvalue weighted by Gasteiger charge is 2.19. The van der Waals surface area contributed by atoms with Gasteiger partial charge in [0.05, 0.1) is 0 Å². The van der Waals surface area contributed by atoms with Crippen molar-refractivity contribution in [2.75, 3.05) is 6.54 Å². The van der Waals surface area contributed by atoms with Gasteiger partial charge in [-0.3, -0.25) is 5.32 Å². The van der Waals surface area contributed by atoms with Gasteiger partial charge in [-0.1, -0.05) is 32.6 Å². The van der Waals surface area contributed by atoms with Gasteiger partial charge in [-0.15, -0.1) is 0 Å². The van der Waals surface area contributed by atoms with Crippen LogP contribution in [-0.2, 0) is 9.47 Å². The van der Waals surface area contributed by atoms with Crippen LogP contribution in [0.1, 0.15) is 71.6 Å². The molecule has 112 valence electrons. The Labute approximate surface area is 117 Å². The van der Waals surface area contributed by atoms with Crippen molar-refractivity contribution in [3.8, 4) is 0 Å². The molecule has 19 heavy (non-hydrogen) atoms. The van der Waals surface area contributed by atoms with E-state index in [0.29, 0.717) is 0 Å². The fraction of sp³-hybridized carbons (Fsp3) is 0.933. The maximum Gasteiger partial charge on any atom is 0.510 e. The molecular formula is C15H29NO3. The number of piperidine rings is 1. The first-order valence-electron chi connectivity index (χ1n) is 7.83. The first-order valence-corrected chi connectivity index (χ1v) is 7.83. The van der Waals surface area contributed by atoms with E-state index in [-0.39, 0.29) is 12.3 Å². The fourth-order valence-electron chi connectivity index (χ4n) is 2.32. The summed E-state index contributed by atoms with van der Waals surface area (Å²) < 4.78 is 10.5. The molecular weight excluding hydrogens is 242 g/mol. The molecule has 1 fully saturated rings. The molecule has 0 bridgehead atoms. The molecule has 4 nitrogen and oxygen atoms in total. The molecule has 1 rings (SSSR count). The monoisotopic (exact) mass is 271 g/mol. The van der Waals surface area contributed by atoms with Crippen LogP contribution in [0.3, 0.4) is 0 Å². The van der Waals surface area contributed by atoms with Crippen molar-refractivity contribution in [3.63, 3.8) is 0 Å². The number of rotatable bonds is 8. The summed E-state index contributed by atoms with van der Waals surface area (Å²) >= 11 is 0. The van der Waals surface area contributed by atoms with Crippen molar-refractivity contribution in [3.05, 3.63) is 0 Å². The summed E-state index contributed by atoms with van der Waals surface area (Å²) in [4.78, 5) is 11.6. The molecule has 0 aliphatic carbocycles. The number of nitrogens with one attached hydrogen (secondary N) is 1. The molecule has 2 atom stereocenters. The lowest BCUT2D eigenvalue weighted by Gasteiger charge is -2.23. The minimum atomic E-state index is -0.527. The number of carbonyl (C=O) groups is 1. The third-order valence-corrected chi connectivity index (χ3v) is 3.52. The molecule has 1 saturated heterocycles. The van der Waals surface area contributed by atoms with Crippen molar-refractivity contribution in [1.29, 1.82) is 0 Å². The second-order valence-corrected chi connectivity index (χ2v) is 5.44. The molecule has 2 unspecified atom stereocenters. The van der Waals surface area contributed by atoms with Gasteiger partial charge in [0.15, 0.2) is 6.23 Å². The van der Waals surface area contributed by atoms with Crippen LogP contribution in [0.25, 0.3) is 0 Å². The summed E-state index contributed by atoms with van der Waals surface area (Å²) in [7, 11) is 0. The Hall–Kier alpha value is -0.770. The van der Waals surface area contributed by atoms with Crippen LogP contribution in [0.4, 0.5) is 4.79 Å². The maximum atomic E-state index is 11.6. The van der Waals surface area contributed by atoms with E-state index in [1.165, 1.54) is 25.7 Å². The van der Waals surface area contributed by atoms with Crippen LogP contribution in [0.15, 0.2) is 0 Å². The molecule has 1 N–H and O–H groups in total. The van der Waals surface area contributed by atoms with Crippen LogP contribution in [0.5, 0.6) is 0 Å². The average molecular weight is 271 g/mol. The Kier molecular flexibility index (Phi) is 8.63. The van der Waals surface area contributed by atoms with Crippen LogP contribution in [0, 0.1) is 0 Å². The highest BCUT2D eigenvalue weighted by Crippen LogP contribution is 2.12. The van der Waals surface area contributed by atoms with Gasteiger partial charge in [0.1, 0.15) is 6.10 Å². The predicted octanol–water partition coefficient (Wildman–Crippen LogP) is 3.99. The maximum absolute atomic E-state index is 11.6. The van der Waals surface area contributed by atoms with Gasteiger partial charge in [0, 0.05) is 0 Å². The van der Waals surface area contributed by atoms with Crippen LogP contribution in [-0.4, -0.2) is 25.0 Å². The topological polar surface area (TPSA) is 47.6 Å². The average Bonchev–Trinajstić information content (AvgIpc) is 2.39. The van der Waals surface area contributed by atoms with E-state index in [0.717, 1.165) is 38.6 Å². The summed E-state index contributed by atoms with van der Waals surface area (Å²) in [6.45, 7) is 5.07. The second kappa shape index (κ2) is 10.1. The first kappa shape index (κ1) is 16.3. The van der Waals surface area contributed by atoms with Crippen molar-refractivity contribution < 1.29 is 14.3 Å². The van der Waals surface area contributed by atoms with E-state index in [4.69, 9.17) is 9.47 Å². The lowest BCUT2D eigenvalue weighted by molar-refractivity contribution is -0.0162. The second-order valence-electron chi connectivity index (χ2n) is 5.44. The van der Waals surface area contributed by atoms with Gasteiger partial charge >= 0.3 is 6.16 Å². The Morgan fingerprint density at radius 3 is 2.74 bits per heavy atom. The Morgan fingerprint density at radius 2 is 2.05 bits per heavy atom. The molecule has 0 aromatic carbocycles. The van der Waals surface area contributed by atoms with E-state index in [1.54, 1.807) is 0 Å². The van der Waals surface area contributed by atoms with E-state index < -0.39 is 6.16 Å². The molecule has 1 heterocycles. The molecule has 0 saturated carbocycles. The van der Waals surface area contributed by atoms with E-state index in [1.807, 2.05) is 6.92 Å². The molecule has 0 spiro atoms. The summed E-state index contributed by atoms with van der Waals surface area (Å²) in [6, 6.07) is 0. The zero-order valence-electron chi connectivity index (χ0n) is 12.5. The summed E-state index contributed by atoms with van der Waals surface area (Å²) in [5.74, 6) is 0. The SMILES string of the molecule is CCCCCCCC(C)OC(=O)OC1CCCCN1. The summed E-state index contributed by atoms with van der Waals surface area (Å²) in [6.07, 6.45) is 9.53. The zero-order chi connectivity index (χ0) is 13.9.